The largest absolute Gasteiger partial charge is 0.469 e. The lowest BCUT2D eigenvalue weighted by molar-refractivity contribution is -0.141. The number of nitrogens with two attached hydrogens (primary N) is 1. The fourth-order valence-corrected chi connectivity index (χ4v) is 1.81. The Hall–Kier alpha value is -1.52. The smallest absolute Gasteiger partial charge is 0.307 e. The number of benzene rings is 1. The first-order chi connectivity index (χ1) is 7.72. The number of aromatic nitrogens is 1. The van der Waals surface area contributed by atoms with Crippen molar-refractivity contribution in [1.29, 1.82) is 0 Å². The first-order valence-electron chi connectivity index (χ1n) is 5.11. The van der Waals surface area contributed by atoms with Gasteiger partial charge in [-0.15, -0.1) is 12.4 Å². The van der Waals surface area contributed by atoms with Gasteiger partial charge in [-0.1, -0.05) is 12.1 Å². The van der Waals surface area contributed by atoms with E-state index in [0.717, 1.165) is 16.5 Å². The molecule has 0 saturated carbocycles. The molecule has 5 heteroatoms. The lowest BCUT2D eigenvalue weighted by Gasteiger charge is -2.11. The van der Waals surface area contributed by atoms with Gasteiger partial charge in [-0.05, 0) is 17.7 Å². The highest BCUT2D eigenvalue weighted by atomic mass is 35.5. The van der Waals surface area contributed by atoms with Crippen molar-refractivity contribution in [2.75, 3.05) is 7.11 Å². The van der Waals surface area contributed by atoms with Gasteiger partial charge in [0.2, 0.25) is 0 Å². The normalized spacial score (nSPS) is 11.9. The van der Waals surface area contributed by atoms with E-state index in [1.807, 2.05) is 30.5 Å². The van der Waals surface area contributed by atoms with Gasteiger partial charge in [-0.25, -0.2) is 0 Å². The Morgan fingerprint density at radius 2 is 2.24 bits per heavy atom. The van der Waals surface area contributed by atoms with Crippen molar-refractivity contribution >= 4 is 29.3 Å². The minimum absolute atomic E-state index is 0. The summed E-state index contributed by atoms with van der Waals surface area (Å²) in [4.78, 5) is 14.3. The molecule has 1 aromatic carbocycles. The monoisotopic (exact) mass is 254 g/mol. The summed E-state index contributed by atoms with van der Waals surface area (Å²) in [7, 11) is 1.37. The summed E-state index contributed by atoms with van der Waals surface area (Å²) in [5, 5.41) is 1.05. The maximum absolute atomic E-state index is 11.2. The molecule has 0 aliphatic heterocycles. The van der Waals surface area contributed by atoms with Gasteiger partial charge in [0.25, 0.3) is 0 Å². The summed E-state index contributed by atoms with van der Waals surface area (Å²) in [5.41, 5.74) is 7.97. The highest BCUT2D eigenvalue weighted by molar-refractivity contribution is 5.85. The molecule has 2 aromatic rings. The third kappa shape index (κ3) is 2.78. The van der Waals surface area contributed by atoms with Crippen LogP contribution in [0.25, 0.3) is 10.9 Å². The number of nitrogens with one attached hydrogen (secondary N) is 1. The number of methoxy groups -OCH3 is 1. The number of esters is 1. The SMILES string of the molecule is COC(=O)C[C@H](N)c1cccc2[nH]ccc12.Cl. The molecule has 17 heavy (non-hydrogen) atoms. The number of carbonyl (C=O) groups excluding carboxylic acids is 1. The molecule has 0 fully saturated rings. The van der Waals surface area contributed by atoms with Crippen LogP contribution in [0.15, 0.2) is 30.5 Å². The number of H-pyrrole nitrogens is 1. The average molecular weight is 255 g/mol. The summed E-state index contributed by atoms with van der Waals surface area (Å²) < 4.78 is 4.61. The van der Waals surface area contributed by atoms with Crippen LogP contribution in [-0.4, -0.2) is 18.1 Å². The number of hydrogen-bond donors (Lipinski definition) is 2. The molecule has 0 radical (unpaired) electrons. The van der Waals surface area contributed by atoms with Crippen LogP contribution in [0.2, 0.25) is 0 Å². The van der Waals surface area contributed by atoms with Gasteiger partial charge in [0.1, 0.15) is 0 Å². The molecule has 0 bridgehead atoms. The van der Waals surface area contributed by atoms with E-state index in [1.165, 1.54) is 7.11 Å². The number of halogens is 1. The molecular formula is C12H15ClN2O2. The summed E-state index contributed by atoms with van der Waals surface area (Å²) in [5.74, 6) is -0.292. The van der Waals surface area contributed by atoms with Crippen LogP contribution in [0.3, 0.4) is 0 Å². The van der Waals surface area contributed by atoms with Crippen molar-refractivity contribution in [1.82, 2.24) is 4.98 Å². The number of hydrogen-bond acceptors (Lipinski definition) is 3. The molecule has 92 valence electrons. The third-order valence-corrected chi connectivity index (χ3v) is 2.64. The standard InChI is InChI=1S/C12H14N2O2.ClH/c1-16-12(15)7-10(13)8-3-2-4-11-9(8)5-6-14-11;/h2-6,10,14H,7,13H2,1H3;1H/t10-;/m0./s1. The predicted molar refractivity (Wildman–Crippen MR) is 69.1 cm³/mol. The van der Waals surface area contributed by atoms with Crippen molar-refractivity contribution in [2.24, 2.45) is 5.73 Å². The van der Waals surface area contributed by atoms with E-state index in [4.69, 9.17) is 5.73 Å². The summed E-state index contributed by atoms with van der Waals surface area (Å²) in [6, 6.07) is 7.47. The second-order valence-corrected chi connectivity index (χ2v) is 3.67. The van der Waals surface area contributed by atoms with E-state index in [2.05, 4.69) is 9.72 Å². The zero-order chi connectivity index (χ0) is 11.5. The average Bonchev–Trinajstić information content (AvgIpc) is 2.76. The topological polar surface area (TPSA) is 68.1 Å². The summed E-state index contributed by atoms with van der Waals surface area (Å²) in [6.45, 7) is 0. The Morgan fingerprint density at radius 1 is 1.47 bits per heavy atom. The summed E-state index contributed by atoms with van der Waals surface area (Å²) in [6.07, 6.45) is 2.06. The van der Waals surface area contributed by atoms with Crippen LogP contribution in [-0.2, 0) is 9.53 Å². The van der Waals surface area contributed by atoms with Gasteiger partial charge >= 0.3 is 5.97 Å². The van der Waals surface area contributed by atoms with Crippen LogP contribution >= 0.6 is 12.4 Å². The van der Waals surface area contributed by atoms with Gasteiger partial charge < -0.3 is 15.5 Å². The molecule has 1 aromatic heterocycles. The maximum atomic E-state index is 11.2. The van der Waals surface area contributed by atoms with Crippen molar-refractivity contribution < 1.29 is 9.53 Å². The van der Waals surface area contributed by atoms with Gasteiger partial charge in [-0.3, -0.25) is 4.79 Å². The van der Waals surface area contributed by atoms with Crippen molar-refractivity contribution in [3.63, 3.8) is 0 Å². The number of carbonyl (C=O) groups is 1. The number of rotatable bonds is 3. The van der Waals surface area contributed by atoms with Gasteiger partial charge in [0.15, 0.2) is 0 Å². The predicted octanol–water partition coefficient (Wildman–Crippen LogP) is 2.15. The van der Waals surface area contributed by atoms with Crippen molar-refractivity contribution in [3.8, 4) is 0 Å². The van der Waals surface area contributed by atoms with Crippen LogP contribution in [0.4, 0.5) is 0 Å². The molecule has 0 saturated heterocycles. The maximum Gasteiger partial charge on any atom is 0.307 e. The van der Waals surface area contributed by atoms with E-state index >= 15 is 0 Å². The highest BCUT2D eigenvalue weighted by Gasteiger charge is 2.14. The van der Waals surface area contributed by atoms with Crippen LogP contribution in [0, 0.1) is 0 Å². The van der Waals surface area contributed by atoms with Crippen LogP contribution < -0.4 is 5.73 Å². The molecule has 1 atom stereocenters. The van der Waals surface area contributed by atoms with E-state index in [9.17, 15) is 4.79 Å². The first-order valence-corrected chi connectivity index (χ1v) is 5.11. The molecule has 0 aliphatic rings. The van der Waals surface area contributed by atoms with Gasteiger partial charge in [0.05, 0.1) is 13.5 Å². The van der Waals surface area contributed by atoms with Crippen molar-refractivity contribution in [3.05, 3.63) is 36.0 Å². The molecule has 0 spiro atoms. The molecule has 0 aliphatic carbocycles. The minimum Gasteiger partial charge on any atom is -0.469 e. The zero-order valence-corrected chi connectivity index (χ0v) is 10.3. The Morgan fingerprint density at radius 3 is 2.94 bits per heavy atom. The quantitative estimate of drug-likeness (QED) is 0.825. The van der Waals surface area contributed by atoms with E-state index < -0.39 is 0 Å². The third-order valence-electron chi connectivity index (χ3n) is 2.64. The fraction of sp³-hybridized carbons (Fsp3) is 0.250. The van der Waals surface area contributed by atoms with E-state index in [0.29, 0.717) is 0 Å². The molecule has 2 rings (SSSR count). The molecular weight excluding hydrogens is 240 g/mol. The Balaban J connectivity index is 0.00000144. The van der Waals surface area contributed by atoms with Gasteiger partial charge in [-0.2, -0.15) is 0 Å². The Labute approximate surface area is 106 Å². The highest BCUT2D eigenvalue weighted by Crippen LogP contribution is 2.24. The van der Waals surface area contributed by atoms with Gasteiger partial charge in [0, 0.05) is 23.1 Å². The van der Waals surface area contributed by atoms with E-state index in [1.54, 1.807) is 0 Å². The minimum atomic E-state index is -0.327. The number of fused-ring (bicyclic) bond motifs is 1. The molecule has 4 nitrogen and oxygen atoms in total. The molecule has 3 N–H and O–H groups in total. The van der Waals surface area contributed by atoms with Crippen LogP contribution in [0.1, 0.15) is 18.0 Å². The van der Waals surface area contributed by atoms with E-state index in [-0.39, 0.29) is 30.8 Å². The first kappa shape index (κ1) is 13.5. The Bertz CT molecular complexity index is 510. The zero-order valence-electron chi connectivity index (χ0n) is 9.47. The lowest BCUT2D eigenvalue weighted by Crippen LogP contribution is -2.16. The Kier molecular flexibility index (Phi) is 4.54. The second-order valence-electron chi connectivity index (χ2n) is 3.67. The molecule has 0 amide bonds. The van der Waals surface area contributed by atoms with Crippen molar-refractivity contribution in [2.45, 2.75) is 12.5 Å². The number of aromatic amines is 1. The lowest BCUT2D eigenvalue weighted by atomic mass is 10.0. The molecule has 1 heterocycles. The number of ether oxygens (including phenoxy) is 1. The fourth-order valence-electron chi connectivity index (χ4n) is 1.81. The second kappa shape index (κ2) is 5.70. The molecule has 0 unspecified atom stereocenters. The van der Waals surface area contributed by atoms with Crippen LogP contribution in [0.5, 0.6) is 0 Å². The summed E-state index contributed by atoms with van der Waals surface area (Å²) >= 11 is 0.